The van der Waals surface area contributed by atoms with E-state index in [1.54, 1.807) is 32.0 Å². The molecule has 3 aromatic rings. The number of rotatable bonds is 6. The number of sulfonamides is 1. The first-order chi connectivity index (χ1) is 18.3. The number of benzene rings is 2. The van der Waals surface area contributed by atoms with Crippen LogP contribution in [0.3, 0.4) is 0 Å². The first-order valence-electron chi connectivity index (χ1n) is 11.9. The Morgan fingerprint density at radius 1 is 1.00 bits per heavy atom. The third-order valence-corrected chi connectivity index (χ3v) is 7.14. The third kappa shape index (κ3) is 6.69. The number of pyridine rings is 1. The van der Waals surface area contributed by atoms with Gasteiger partial charge in [0, 0.05) is 43.3 Å². The molecule has 1 saturated heterocycles. The van der Waals surface area contributed by atoms with Gasteiger partial charge in [-0.25, -0.2) is 13.2 Å². The largest absolute Gasteiger partial charge is 0.573 e. The maximum absolute atomic E-state index is 13.2. The van der Waals surface area contributed by atoms with Gasteiger partial charge in [0.2, 0.25) is 0 Å². The van der Waals surface area contributed by atoms with Gasteiger partial charge in [-0.05, 0) is 44.2 Å². The van der Waals surface area contributed by atoms with E-state index >= 15 is 0 Å². The zero-order chi connectivity index (χ0) is 28.4. The Labute approximate surface area is 222 Å². The second-order valence-electron chi connectivity index (χ2n) is 8.91. The summed E-state index contributed by atoms with van der Waals surface area (Å²) in [6.45, 7) is 4.04. The second kappa shape index (κ2) is 11.0. The number of fused-ring (bicyclic) bond motifs is 1. The van der Waals surface area contributed by atoms with Crippen molar-refractivity contribution < 1.29 is 40.7 Å². The monoisotopic (exact) mass is 566 g/mol. The van der Waals surface area contributed by atoms with Gasteiger partial charge in [-0.15, -0.1) is 13.2 Å². The van der Waals surface area contributed by atoms with Gasteiger partial charge in [0.1, 0.15) is 4.90 Å². The highest BCUT2D eigenvalue weighted by Gasteiger charge is 2.34. The molecular formula is C25H25F3N4O6S. The molecule has 0 bridgehead atoms. The topological polar surface area (TPSA) is 118 Å². The van der Waals surface area contributed by atoms with E-state index in [9.17, 15) is 31.2 Å². The number of anilines is 1. The molecule has 1 N–H and O–H groups in total. The fourth-order valence-corrected chi connectivity index (χ4v) is 5.24. The molecule has 2 heterocycles. The number of nitrogens with zero attached hydrogens (tertiary/aromatic N) is 3. The smallest absolute Gasteiger partial charge is 0.447 e. The molecule has 2 amide bonds. The van der Waals surface area contributed by atoms with Crippen molar-refractivity contribution in [2.24, 2.45) is 0 Å². The summed E-state index contributed by atoms with van der Waals surface area (Å²) in [6.07, 6.45) is -4.59. The normalized spacial score (nSPS) is 14.4. The molecule has 0 unspecified atom stereocenters. The number of nitrogens with one attached hydrogen (secondary N) is 1. The van der Waals surface area contributed by atoms with Crippen LogP contribution in [0.15, 0.2) is 59.6 Å². The molecular weight excluding hydrogens is 541 g/mol. The Morgan fingerprint density at radius 3 is 2.33 bits per heavy atom. The molecule has 0 spiro atoms. The molecule has 4 rings (SSSR count). The average Bonchev–Trinajstić information content (AvgIpc) is 2.87. The number of hydrogen-bond acceptors (Lipinski definition) is 7. The lowest BCUT2D eigenvalue weighted by atomic mass is 10.1. The first-order valence-corrected chi connectivity index (χ1v) is 13.3. The second-order valence-corrected chi connectivity index (χ2v) is 10.6. The van der Waals surface area contributed by atoms with E-state index in [1.165, 1.54) is 34.2 Å². The third-order valence-electron chi connectivity index (χ3n) is 5.75. The van der Waals surface area contributed by atoms with Gasteiger partial charge >= 0.3 is 12.5 Å². The van der Waals surface area contributed by atoms with Crippen molar-refractivity contribution in [2.45, 2.75) is 31.2 Å². The summed E-state index contributed by atoms with van der Waals surface area (Å²) in [5.74, 6) is -1.50. The summed E-state index contributed by atoms with van der Waals surface area (Å²) in [5, 5.41) is 0.519. The lowest BCUT2D eigenvalue weighted by Gasteiger charge is -2.34. The van der Waals surface area contributed by atoms with Crippen LogP contribution in [0.25, 0.3) is 10.9 Å². The molecule has 1 aromatic heterocycles. The van der Waals surface area contributed by atoms with E-state index in [0.717, 1.165) is 12.1 Å². The summed E-state index contributed by atoms with van der Waals surface area (Å²) < 4.78 is 77.3. The molecule has 0 saturated carbocycles. The Balaban J connectivity index is 1.58. The van der Waals surface area contributed by atoms with Crippen LogP contribution in [0.4, 0.5) is 23.7 Å². The van der Waals surface area contributed by atoms with Crippen molar-refractivity contribution in [1.29, 1.82) is 0 Å². The molecule has 0 atom stereocenters. The predicted octanol–water partition coefficient (Wildman–Crippen LogP) is 4.24. The van der Waals surface area contributed by atoms with E-state index in [1.807, 2.05) is 0 Å². The molecule has 0 aliphatic carbocycles. The van der Waals surface area contributed by atoms with Crippen LogP contribution < -0.4 is 9.46 Å². The molecule has 10 nitrogen and oxygen atoms in total. The number of hydrogen-bond donors (Lipinski definition) is 1. The summed E-state index contributed by atoms with van der Waals surface area (Å²) in [5.41, 5.74) is -0.533. The van der Waals surface area contributed by atoms with Crippen molar-refractivity contribution >= 4 is 38.6 Å². The number of piperazine rings is 1. The fraction of sp³-hybridized carbons (Fsp3) is 0.320. The first kappa shape index (κ1) is 28.0. The van der Waals surface area contributed by atoms with Crippen molar-refractivity contribution in [3.63, 3.8) is 0 Å². The predicted molar refractivity (Wildman–Crippen MR) is 135 cm³/mol. The van der Waals surface area contributed by atoms with Crippen molar-refractivity contribution in [3.05, 3.63) is 60.3 Å². The summed E-state index contributed by atoms with van der Waals surface area (Å²) >= 11 is 0. The molecule has 1 aliphatic rings. The minimum atomic E-state index is -5.16. The van der Waals surface area contributed by atoms with E-state index in [4.69, 9.17) is 4.74 Å². The summed E-state index contributed by atoms with van der Waals surface area (Å²) in [6, 6.07) is 10.7. The highest BCUT2D eigenvalue weighted by molar-refractivity contribution is 7.93. The minimum Gasteiger partial charge on any atom is -0.447 e. The maximum Gasteiger partial charge on any atom is 0.573 e. The molecule has 14 heteroatoms. The fourth-order valence-electron chi connectivity index (χ4n) is 3.99. The van der Waals surface area contributed by atoms with E-state index in [-0.39, 0.29) is 48.3 Å². The van der Waals surface area contributed by atoms with Gasteiger partial charge in [0.05, 0.1) is 17.3 Å². The molecule has 1 fully saturated rings. The number of alkyl halides is 3. The SMILES string of the molecule is CC(C)OC(=O)N1CCN(C(=O)c2ccc(NS(=O)(=O)c3cccc4cccnc34)c(OC(F)(F)F)c2)CC1. The van der Waals surface area contributed by atoms with Gasteiger partial charge in [-0.1, -0.05) is 18.2 Å². The Hall–Kier alpha value is -4.07. The number of para-hydroxylation sites is 1. The number of carbonyl (C=O) groups is 2. The lowest BCUT2D eigenvalue weighted by Crippen LogP contribution is -2.51. The van der Waals surface area contributed by atoms with Crippen molar-refractivity contribution in [1.82, 2.24) is 14.8 Å². The Kier molecular flexibility index (Phi) is 7.86. The lowest BCUT2D eigenvalue weighted by molar-refractivity contribution is -0.274. The summed E-state index contributed by atoms with van der Waals surface area (Å²) in [7, 11) is -4.40. The van der Waals surface area contributed by atoms with Crippen LogP contribution in [-0.2, 0) is 14.8 Å². The van der Waals surface area contributed by atoms with Crippen LogP contribution in [0.2, 0.25) is 0 Å². The van der Waals surface area contributed by atoms with Crippen molar-refractivity contribution in [2.75, 3.05) is 30.9 Å². The maximum atomic E-state index is 13.2. The Morgan fingerprint density at radius 2 is 1.67 bits per heavy atom. The summed E-state index contributed by atoms with van der Waals surface area (Å²) in [4.78, 5) is 31.8. The van der Waals surface area contributed by atoms with Gasteiger partial charge in [-0.3, -0.25) is 14.5 Å². The van der Waals surface area contributed by atoms with Gasteiger partial charge in [0.25, 0.3) is 15.9 Å². The number of amides is 2. The number of carbonyl (C=O) groups excluding carboxylic acids is 2. The molecule has 2 aromatic carbocycles. The van der Waals surface area contributed by atoms with Crippen molar-refractivity contribution in [3.8, 4) is 5.75 Å². The molecule has 1 aliphatic heterocycles. The zero-order valence-corrected chi connectivity index (χ0v) is 21.8. The quantitative estimate of drug-likeness (QED) is 0.474. The zero-order valence-electron chi connectivity index (χ0n) is 20.9. The highest BCUT2D eigenvalue weighted by Crippen LogP contribution is 2.34. The minimum absolute atomic E-state index is 0.129. The standard InChI is InChI=1S/C25H25F3N4O6S/c1-16(2)37-24(34)32-13-11-31(12-14-32)23(33)18-8-9-19(20(15-18)38-25(26,27)28)30-39(35,36)21-7-3-5-17-6-4-10-29-22(17)21/h3-10,15-16,30H,11-14H2,1-2H3. The van der Waals surface area contributed by atoms with Crippen LogP contribution >= 0.6 is 0 Å². The molecule has 39 heavy (non-hydrogen) atoms. The van der Waals surface area contributed by atoms with Crippen LogP contribution in [0, 0.1) is 0 Å². The van der Waals surface area contributed by atoms with E-state index < -0.39 is 39.8 Å². The van der Waals surface area contributed by atoms with Crippen LogP contribution in [0.1, 0.15) is 24.2 Å². The average molecular weight is 567 g/mol. The van der Waals surface area contributed by atoms with Gasteiger partial charge in [-0.2, -0.15) is 0 Å². The number of aromatic nitrogens is 1. The Bertz CT molecular complexity index is 1480. The highest BCUT2D eigenvalue weighted by atomic mass is 32.2. The van der Waals surface area contributed by atoms with E-state index in [0.29, 0.717) is 5.39 Å². The van der Waals surface area contributed by atoms with Gasteiger partial charge in [0.15, 0.2) is 5.75 Å². The van der Waals surface area contributed by atoms with Crippen LogP contribution in [-0.4, -0.2) is 73.8 Å². The number of ether oxygens (including phenoxy) is 2. The number of halogens is 3. The van der Waals surface area contributed by atoms with Gasteiger partial charge < -0.3 is 19.3 Å². The molecule has 0 radical (unpaired) electrons. The molecule has 208 valence electrons. The van der Waals surface area contributed by atoms with E-state index in [2.05, 4.69) is 14.4 Å². The van der Waals surface area contributed by atoms with Crippen LogP contribution in [0.5, 0.6) is 5.75 Å².